The van der Waals surface area contributed by atoms with Crippen LogP contribution in [0.3, 0.4) is 0 Å². The highest BCUT2D eigenvalue weighted by molar-refractivity contribution is 5.92. The summed E-state index contributed by atoms with van der Waals surface area (Å²) in [7, 11) is 0. The van der Waals surface area contributed by atoms with E-state index in [1.165, 1.54) is 66.8 Å². The highest BCUT2D eigenvalue weighted by Crippen LogP contribution is 2.57. The zero-order valence-electron chi connectivity index (χ0n) is 32.0. The second-order valence-corrected chi connectivity index (χ2v) is 15.5. The minimum atomic E-state index is -0.504. The van der Waals surface area contributed by atoms with Gasteiger partial charge in [0, 0.05) is 22.4 Å². The lowest BCUT2D eigenvalue weighted by atomic mass is 9.67. The van der Waals surface area contributed by atoms with Crippen LogP contribution in [-0.2, 0) is 10.8 Å². The van der Waals surface area contributed by atoms with Gasteiger partial charge in [-0.2, -0.15) is 0 Å². The number of aryl methyl sites for hydroxylation is 2. The van der Waals surface area contributed by atoms with Crippen LogP contribution in [0.2, 0.25) is 0 Å². The van der Waals surface area contributed by atoms with Crippen molar-refractivity contribution in [3.05, 3.63) is 245 Å². The highest BCUT2D eigenvalue weighted by Gasteiger charge is 2.46. The summed E-state index contributed by atoms with van der Waals surface area (Å²) in [5.74, 6) is 0. The van der Waals surface area contributed by atoms with E-state index < -0.39 is 5.41 Å². The van der Waals surface area contributed by atoms with Gasteiger partial charge in [-0.05, 0) is 99.8 Å². The Morgan fingerprint density at radius 2 is 1.04 bits per heavy atom. The molecule has 9 rings (SSSR count). The van der Waals surface area contributed by atoms with Crippen molar-refractivity contribution in [2.75, 3.05) is 4.90 Å². The van der Waals surface area contributed by atoms with Crippen LogP contribution in [0, 0.1) is 13.8 Å². The zero-order chi connectivity index (χ0) is 37.6. The molecule has 1 aliphatic carbocycles. The molecule has 0 bridgehead atoms. The van der Waals surface area contributed by atoms with E-state index in [9.17, 15) is 0 Å². The Bertz CT molecular complexity index is 2630. The number of benzene rings is 8. The molecule has 0 aromatic heterocycles. The van der Waals surface area contributed by atoms with Crippen LogP contribution < -0.4 is 4.90 Å². The first-order valence-electron chi connectivity index (χ1n) is 19.4. The minimum absolute atomic E-state index is 0.209. The Labute approximate surface area is 326 Å². The van der Waals surface area contributed by atoms with Crippen molar-refractivity contribution in [3.63, 3.8) is 0 Å². The maximum atomic E-state index is 2.48. The standard InChI is InChI=1S/C54H45N/c1-38-30-32-42(33-31-38)54(41-21-9-6-10-22-41)50-28-15-12-26-47(50)48-35-34-45(37-51(48)54)55(52-29-16-13-25-46(52)40-19-7-5-8-20-40)44-24-17-23-43(36-44)53(3,4)49-27-14-11-18-39(49)2/h5-37H,1-4H3. The number of anilines is 3. The second-order valence-electron chi connectivity index (χ2n) is 15.5. The van der Waals surface area contributed by atoms with Gasteiger partial charge in [0.25, 0.3) is 0 Å². The van der Waals surface area contributed by atoms with Gasteiger partial charge in [-0.3, -0.25) is 0 Å². The van der Waals surface area contributed by atoms with Crippen molar-refractivity contribution in [2.45, 2.75) is 38.5 Å². The van der Waals surface area contributed by atoms with Gasteiger partial charge < -0.3 is 4.90 Å². The Morgan fingerprint density at radius 1 is 0.436 bits per heavy atom. The van der Waals surface area contributed by atoms with Crippen LogP contribution in [-0.4, -0.2) is 0 Å². The molecule has 0 saturated heterocycles. The summed E-state index contributed by atoms with van der Waals surface area (Å²) >= 11 is 0. The molecule has 0 heterocycles. The monoisotopic (exact) mass is 707 g/mol. The molecule has 266 valence electrons. The smallest absolute Gasteiger partial charge is 0.0714 e. The average molecular weight is 708 g/mol. The fraction of sp³-hybridized carbons (Fsp3) is 0.111. The molecule has 1 heteroatoms. The molecule has 1 atom stereocenters. The van der Waals surface area contributed by atoms with E-state index in [1.54, 1.807) is 0 Å². The number of para-hydroxylation sites is 1. The van der Waals surface area contributed by atoms with Crippen LogP contribution in [0.15, 0.2) is 200 Å². The minimum Gasteiger partial charge on any atom is -0.310 e. The first-order chi connectivity index (χ1) is 26.9. The lowest BCUT2D eigenvalue weighted by Gasteiger charge is -2.35. The lowest BCUT2D eigenvalue weighted by Crippen LogP contribution is -2.28. The van der Waals surface area contributed by atoms with Crippen LogP contribution in [0.5, 0.6) is 0 Å². The van der Waals surface area contributed by atoms with Crippen molar-refractivity contribution in [1.29, 1.82) is 0 Å². The van der Waals surface area contributed by atoms with Gasteiger partial charge in [-0.1, -0.05) is 189 Å². The van der Waals surface area contributed by atoms with E-state index in [0.29, 0.717) is 0 Å². The number of hydrogen-bond donors (Lipinski definition) is 0. The molecule has 0 aliphatic heterocycles. The van der Waals surface area contributed by atoms with Crippen LogP contribution in [0.25, 0.3) is 22.3 Å². The fourth-order valence-electron chi connectivity index (χ4n) is 9.11. The van der Waals surface area contributed by atoms with Crippen molar-refractivity contribution in [2.24, 2.45) is 0 Å². The Hall–Kier alpha value is -6.44. The normalized spacial score (nSPS) is 14.6. The van der Waals surface area contributed by atoms with Gasteiger partial charge in [0.2, 0.25) is 0 Å². The van der Waals surface area contributed by atoms with Gasteiger partial charge >= 0.3 is 0 Å². The third-order valence-electron chi connectivity index (χ3n) is 11.9. The molecule has 0 spiro atoms. The SMILES string of the molecule is Cc1ccc(C2(c3ccccc3)c3ccccc3-c3ccc(N(c4cccc(C(C)(C)c5ccccc5C)c4)c4ccccc4-c4ccccc4)cc32)cc1. The first kappa shape index (κ1) is 34.3. The van der Waals surface area contributed by atoms with Crippen molar-refractivity contribution in [3.8, 4) is 22.3 Å². The van der Waals surface area contributed by atoms with Gasteiger partial charge in [-0.15, -0.1) is 0 Å². The van der Waals surface area contributed by atoms with Crippen LogP contribution in [0.1, 0.15) is 58.4 Å². The molecule has 55 heavy (non-hydrogen) atoms. The van der Waals surface area contributed by atoms with Gasteiger partial charge in [0.15, 0.2) is 0 Å². The highest BCUT2D eigenvalue weighted by atomic mass is 15.1. The molecule has 0 N–H and O–H groups in total. The summed E-state index contributed by atoms with van der Waals surface area (Å²) in [6, 6.07) is 74.0. The fourth-order valence-corrected chi connectivity index (χ4v) is 9.11. The second kappa shape index (κ2) is 13.8. The maximum absolute atomic E-state index is 2.48. The predicted octanol–water partition coefficient (Wildman–Crippen LogP) is 14.1. The van der Waals surface area contributed by atoms with Gasteiger partial charge in [-0.25, -0.2) is 0 Å². The topological polar surface area (TPSA) is 3.24 Å². The predicted molar refractivity (Wildman–Crippen MR) is 232 cm³/mol. The number of rotatable bonds is 8. The quantitative estimate of drug-likeness (QED) is 0.152. The molecule has 1 unspecified atom stereocenters. The Kier molecular flexibility index (Phi) is 8.59. The Morgan fingerprint density at radius 3 is 1.80 bits per heavy atom. The summed E-state index contributed by atoms with van der Waals surface area (Å²) in [5.41, 5.74) is 17.9. The Balaban J connectivity index is 1.32. The molecule has 0 amide bonds. The third-order valence-corrected chi connectivity index (χ3v) is 11.9. The van der Waals surface area contributed by atoms with Crippen LogP contribution in [0.4, 0.5) is 17.1 Å². The van der Waals surface area contributed by atoms with Crippen molar-refractivity contribution >= 4 is 17.1 Å². The summed E-state index contributed by atoms with van der Waals surface area (Å²) in [5, 5.41) is 0. The van der Waals surface area contributed by atoms with Gasteiger partial charge in [0.1, 0.15) is 0 Å². The summed E-state index contributed by atoms with van der Waals surface area (Å²) < 4.78 is 0. The molecule has 8 aromatic carbocycles. The van der Waals surface area contributed by atoms with E-state index >= 15 is 0 Å². The summed E-state index contributed by atoms with van der Waals surface area (Å²) in [6.45, 7) is 9.08. The molecule has 0 radical (unpaired) electrons. The molecule has 0 fully saturated rings. The zero-order valence-corrected chi connectivity index (χ0v) is 32.0. The van der Waals surface area contributed by atoms with Crippen molar-refractivity contribution in [1.82, 2.24) is 0 Å². The number of hydrogen-bond acceptors (Lipinski definition) is 1. The molecular formula is C54H45N. The first-order valence-corrected chi connectivity index (χ1v) is 19.4. The molecule has 1 aliphatic rings. The van der Waals surface area contributed by atoms with Crippen molar-refractivity contribution < 1.29 is 0 Å². The van der Waals surface area contributed by atoms with E-state index in [-0.39, 0.29) is 5.41 Å². The molecule has 8 aromatic rings. The van der Waals surface area contributed by atoms with E-state index in [1.807, 2.05) is 0 Å². The largest absolute Gasteiger partial charge is 0.310 e. The van der Waals surface area contributed by atoms with E-state index in [4.69, 9.17) is 0 Å². The average Bonchev–Trinajstić information content (AvgIpc) is 3.53. The van der Waals surface area contributed by atoms with E-state index in [0.717, 1.165) is 17.1 Å². The third kappa shape index (κ3) is 5.70. The van der Waals surface area contributed by atoms with Gasteiger partial charge in [0.05, 0.1) is 11.1 Å². The molecular weight excluding hydrogens is 663 g/mol. The molecule has 0 saturated carbocycles. The summed E-state index contributed by atoms with van der Waals surface area (Å²) in [6.07, 6.45) is 0. The summed E-state index contributed by atoms with van der Waals surface area (Å²) in [4.78, 5) is 2.48. The maximum Gasteiger partial charge on any atom is 0.0714 e. The van der Waals surface area contributed by atoms with Crippen LogP contribution >= 0.6 is 0 Å². The number of fused-ring (bicyclic) bond motifs is 3. The van der Waals surface area contributed by atoms with E-state index in [2.05, 4.69) is 233 Å². The molecule has 1 nitrogen and oxygen atoms in total. The lowest BCUT2D eigenvalue weighted by molar-refractivity contribution is 0.636. The number of nitrogens with zero attached hydrogens (tertiary/aromatic N) is 1.